The SMILES string of the molecule is O=C1CN(C2CC2)Cc2cccc(c2)Oc2cccc(c2)CO[C@H]2CN(Cc3cscn3)C[C@@H]2N1. The van der Waals surface area contributed by atoms with Crippen LogP contribution in [0.15, 0.2) is 59.4 Å². The number of thiazole rings is 1. The zero-order chi connectivity index (χ0) is 23.6. The zero-order valence-electron chi connectivity index (χ0n) is 19.6. The molecule has 6 rings (SSSR count). The van der Waals surface area contributed by atoms with Gasteiger partial charge in [-0.1, -0.05) is 24.3 Å². The number of fused-ring (bicyclic) bond motifs is 5. The third kappa shape index (κ3) is 5.73. The molecule has 1 N–H and O–H groups in total. The van der Waals surface area contributed by atoms with E-state index in [0.717, 1.165) is 67.3 Å². The minimum absolute atomic E-state index is 0.0575. The van der Waals surface area contributed by atoms with Crippen LogP contribution < -0.4 is 10.1 Å². The lowest BCUT2D eigenvalue weighted by molar-refractivity contribution is -0.124. The molecule has 2 fully saturated rings. The van der Waals surface area contributed by atoms with Gasteiger partial charge in [0.2, 0.25) is 5.91 Å². The number of nitrogens with zero attached hydrogens (tertiary/aromatic N) is 3. The number of ether oxygens (including phenoxy) is 2. The summed E-state index contributed by atoms with van der Waals surface area (Å²) in [5, 5.41) is 5.39. The first-order chi connectivity index (χ1) is 17.2. The van der Waals surface area contributed by atoms with Gasteiger partial charge in [-0.15, -0.1) is 11.3 Å². The maximum Gasteiger partial charge on any atom is 0.234 e. The lowest BCUT2D eigenvalue weighted by atomic mass is 10.1. The van der Waals surface area contributed by atoms with Crippen LogP contribution in [-0.2, 0) is 29.2 Å². The average molecular weight is 491 g/mol. The number of benzene rings is 2. The number of amides is 1. The van der Waals surface area contributed by atoms with Gasteiger partial charge in [-0.05, 0) is 48.2 Å². The van der Waals surface area contributed by atoms with Gasteiger partial charge in [0.1, 0.15) is 11.5 Å². The third-order valence-electron chi connectivity index (χ3n) is 6.85. The van der Waals surface area contributed by atoms with Crippen LogP contribution in [0.3, 0.4) is 0 Å². The van der Waals surface area contributed by atoms with Crippen molar-refractivity contribution in [3.05, 3.63) is 76.2 Å². The topological polar surface area (TPSA) is 66.9 Å². The maximum absolute atomic E-state index is 13.2. The maximum atomic E-state index is 13.2. The smallest absolute Gasteiger partial charge is 0.234 e. The molecule has 1 saturated carbocycles. The number of aromatic nitrogens is 1. The van der Waals surface area contributed by atoms with Gasteiger partial charge >= 0.3 is 0 Å². The van der Waals surface area contributed by atoms with Crippen LogP contribution in [0, 0.1) is 0 Å². The molecular weight excluding hydrogens is 460 g/mol. The predicted octanol–water partition coefficient (Wildman–Crippen LogP) is 3.80. The summed E-state index contributed by atoms with van der Waals surface area (Å²) in [4.78, 5) is 22.2. The standard InChI is InChI=1S/C27H30N4O3S/c32-27-15-31(22-7-8-22)11-19-3-1-5-23(9-19)34-24-6-2-4-20(10-24)16-33-26-14-30(13-25(26)29-27)12-21-17-35-18-28-21/h1-6,9-10,17-18,22,25-26H,7-8,11-16H2,(H,29,32)/t25-,26-/m0/s1. The normalized spacial score (nSPS) is 23.9. The molecule has 7 nitrogen and oxygen atoms in total. The van der Waals surface area contributed by atoms with Crippen molar-refractivity contribution in [2.24, 2.45) is 0 Å². The van der Waals surface area contributed by atoms with Crippen LogP contribution in [0.4, 0.5) is 0 Å². The molecule has 8 heteroatoms. The molecular formula is C27H30N4O3S. The lowest BCUT2D eigenvalue weighted by Crippen LogP contribution is -2.48. The molecule has 3 aliphatic rings. The first-order valence-corrected chi connectivity index (χ1v) is 13.2. The number of likely N-dealkylation sites (tertiary alicyclic amines) is 1. The van der Waals surface area contributed by atoms with Crippen molar-refractivity contribution in [3.63, 3.8) is 0 Å². The van der Waals surface area contributed by atoms with E-state index in [1.807, 2.05) is 35.8 Å². The number of rotatable bonds is 3. The van der Waals surface area contributed by atoms with Crippen molar-refractivity contribution < 1.29 is 14.3 Å². The Labute approximate surface area is 209 Å². The zero-order valence-corrected chi connectivity index (χ0v) is 20.5. The lowest BCUT2D eigenvalue weighted by Gasteiger charge is -2.25. The fourth-order valence-corrected chi connectivity index (χ4v) is 5.55. The Bertz CT molecular complexity index is 1170. The van der Waals surface area contributed by atoms with Gasteiger partial charge < -0.3 is 14.8 Å². The first kappa shape index (κ1) is 22.7. The van der Waals surface area contributed by atoms with Gasteiger partial charge in [0.15, 0.2) is 0 Å². The van der Waals surface area contributed by atoms with Gasteiger partial charge in [-0.2, -0.15) is 0 Å². The number of carbonyl (C=O) groups is 1. The van der Waals surface area contributed by atoms with E-state index in [4.69, 9.17) is 9.47 Å². The van der Waals surface area contributed by atoms with Gasteiger partial charge in [-0.3, -0.25) is 14.6 Å². The quantitative estimate of drug-likeness (QED) is 0.603. The van der Waals surface area contributed by atoms with Crippen LogP contribution in [0.5, 0.6) is 11.5 Å². The summed E-state index contributed by atoms with van der Waals surface area (Å²) in [6, 6.07) is 16.6. The molecule has 0 radical (unpaired) electrons. The molecule has 182 valence electrons. The molecule has 0 unspecified atom stereocenters. The highest BCUT2D eigenvalue weighted by molar-refractivity contribution is 7.07. The van der Waals surface area contributed by atoms with E-state index in [9.17, 15) is 4.79 Å². The van der Waals surface area contributed by atoms with E-state index >= 15 is 0 Å². The van der Waals surface area contributed by atoms with E-state index in [2.05, 4.69) is 43.7 Å². The molecule has 1 saturated heterocycles. The van der Waals surface area contributed by atoms with Crippen molar-refractivity contribution in [3.8, 4) is 11.5 Å². The van der Waals surface area contributed by atoms with E-state index < -0.39 is 0 Å². The molecule has 2 atom stereocenters. The Balaban J connectivity index is 1.25. The minimum atomic E-state index is -0.0860. The number of hydrogen-bond acceptors (Lipinski definition) is 7. The average Bonchev–Trinajstić information content (AvgIpc) is 3.45. The molecule has 1 amide bonds. The van der Waals surface area contributed by atoms with Crippen LogP contribution in [0.2, 0.25) is 0 Å². The van der Waals surface area contributed by atoms with E-state index in [0.29, 0.717) is 19.2 Å². The molecule has 35 heavy (non-hydrogen) atoms. The molecule has 3 heterocycles. The monoisotopic (exact) mass is 490 g/mol. The number of hydrogen-bond donors (Lipinski definition) is 1. The van der Waals surface area contributed by atoms with E-state index in [-0.39, 0.29) is 18.1 Å². The largest absolute Gasteiger partial charge is 0.457 e. The molecule has 1 aromatic heterocycles. The summed E-state index contributed by atoms with van der Waals surface area (Å²) in [6.07, 6.45) is 2.21. The van der Waals surface area contributed by atoms with Crippen molar-refractivity contribution in [1.29, 1.82) is 0 Å². The Kier molecular flexibility index (Phi) is 6.52. The Morgan fingerprint density at radius 2 is 1.83 bits per heavy atom. The minimum Gasteiger partial charge on any atom is -0.457 e. The third-order valence-corrected chi connectivity index (χ3v) is 7.48. The van der Waals surface area contributed by atoms with Crippen molar-refractivity contribution in [2.75, 3.05) is 19.6 Å². The van der Waals surface area contributed by atoms with Crippen LogP contribution in [-0.4, -0.2) is 58.5 Å². The van der Waals surface area contributed by atoms with Crippen molar-refractivity contribution in [1.82, 2.24) is 20.1 Å². The Morgan fingerprint density at radius 3 is 2.60 bits per heavy atom. The number of nitrogens with one attached hydrogen (secondary N) is 1. The van der Waals surface area contributed by atoms with Gasteiger partial charge in [-0.25, -0.2) is 4.98 Å². The molecule has 3 aromatic rings. The van der Waals surface area contributed by atoms with Gasteiger partial charge in [0, 0.05) is 37.6 Å². The second-order valence-electron chi connectivity index (χ2n) is 9.73. The summed E-state index contributed by atoms with van der Waals surface area (Å²) in [5.74, 6) is 1.67. The van der Waals surface area contributed by atoms with Crippen LogP contribution in [0.25, 0.3) is 0 Å². The molecule has 2 aromatic carbocycles. The van der Waals surface area contributed by atoms with Crippen LogP contribution in [0.1, 0.15) is 29.7 Å². The van der Waals surface area contributed by atoms with E-state index in [1.54, 1.807) is 11.3 Å². The summed E-state index contributed by atoms with van der Waals surface area (Å²) < 4.78 is 12.6. The predicted molar refractivity (Wildman–Crippen MR) is 134 cm³/mol. The molecule has 2 aliphatic heterocycles. The van der Waals surface area contributed by atoms with Gasteiger partial charge in [0.25, 0.3) is 0 Å². The second-order valence-corrected chi connectivity index (χ2v) is 10.4. The Hall–Kier alpha value is -2.78. The summed E-state index contributed by atoms with van der Waals surface area (Å²) in [5.41, 5.74) is 5.13. The second kappa shape index (κ2) is 10.1. The summed E-state index contributed by atoms with van der Waals surface area (Å²) in [6.45, 7) is 3.87. The number of carbonyl (C=O) groups excluding carboxylic acids is 1. The molecule has 1 aliphatic carbocycles. The fourth-order valence-electron chi connectivity index (χ4n) is 5.00. The summed E-state index contributed by atoms with van der Waals surface area (Å²) >= 11 is 1.61. The van der Waals surface area contributed by atoms with Gasteiger partial charge in [0.05, 0.1) is 36.5 Å². The van der Waals surface area contributed by atoms with Crippen LogP contribution >= 0.6 is 11.3 Å². The highest BCUT2D eigenvalue weighted by Crippen LogP contribution is 2.30. The summed E-state index contributed by atoms with van der Waals surface area (Å²) in [7, 11) is 0. The first-order valence-electron chi connectivity index (χ1n) is 12.3. The molecule has 4 bridgehead atoms. The van der Waals surface area contributed by atoms with Crippen molar-refractivity contribution >= 4 is 17.2 Å². The van der Waals surface area contributed by atoms with E-state index in [1.165, 1.54) is 0 Å². The Morgan fingerprint density at radius 1 is 1.03 bits per heavy atom. The van der Waals surface area contributed by atoms with Crippen molar-refractivity contribution in [2.45, 2.75) is 50.7 Å². The fraction of sp³-hybridized carbons (Fsp3) is 0.407. The highest BCUT2D eigenvalue weighted by Gasteiger charge is 2.36. The molecule has 0 spiro atoms. The highest BCUT2D eigenvalue weighted by atomic mass is 32.1.